The summed E-state index contributed by atoms with van der Waals surface area (Å²) in [5.74, 6) is -1.51. The average Bonchev–Trinajstić information content (AvgIpc) is 2.98. The quantitative estimate of drug-likeness (QED) is 0.437. The van der Waals surface area contributed by atoms with E-state index in [1.807, 2.05) is 45.7 Å². The number of piperazine rings is 1. The topological polar surface area (TPSA) is 93.7 Å². The van der Waals surface area contributed by atoms with E-state index in [0.717, 1.165) is 42.1 Å². The molecule has 41 heavy (non-hydrogen) atoms. The fourth-order valence-corrected chi connectivity index (χ4v) is 4.79. The van der Waals surface area contributed by atoms with E-state index in [9.17, 15) is 18.4 Å². The Hall–Kier alpha value is -4.12. The Labute approximate surface area is 239 Å². The van der Waals surface area contributed by atoms with Gasteiger partial charge in [-0.1, -0.05) is 32.9 Å². The number of fused-ring (bicyclic) bond motifs is 1. The highest BCUT2D eigenvalue weighted by molar-refractivity contribution is 6.02. The van der Waals surface area contributed by atoms with E-state index in [1.54, 1.807) is 12.1 Å². The molecular formula is C30H37F2N7O2. The van der Waals surface area contributed by atoms with Crippen LogP contribution in [-0.2, 0) is 6.54 Å². The maximum Gasteiger partial charge on any atom is 0.328 e. The van der Waals surface area contributed by atoms with E-state index in [0.29, 0.717) is 48.0 Å². The van der Waals surface area contributed by atoms with Crippen LogP contribution < -0.4 is 20.4 Å². The van der Waals surface area contributed by atoms with Gasteiger partial charge in [-0.05, 0) is 50.2 Å². The maximum atomic E-state index is 15.0. The van der Waals surface area contributed by atoms with Gasteiger partial charge in [-0.25, -0.2) is 23.5 Å². The fourth-order valence-electron chi connectivity index (χ4n) is 4.79. The minimum Gasteiger partial charge on any atom is -0.352 e. The summed E-state index contributed by atoms with van der Waals surface area (Å²) >= 11 is 0. The largest absolute Gasteiger partial charge is 0.352 e. The van der Waals surface area contributed by atoms with Gasteiger partial charge in [0.25, 0.3) is 5.91 Å². The van der Waals surface area contributed by atoms with Crippen molar-refractivity contribution in [3.05, 3.63) is 64.7 Å². The Morgan fingerprint density at radius 2 is 1.73 bits per heavy atom. The van der Waals surface area contributed by atoms with E-state index in [4.69, 9.17) is 9.97 Å². The van der Waals surface area contributed by atoms with Crippen LogP contribution in [0.1, 0.15) is 48.7 Å². The molecule has 9 nitrogen and oxygen atoms in total. The number of anilines is 3. The van der Waals surface area contributed by atoms with Gasteiger partial charge < -0.3 is 20.4 Å². The van der Waals surface area contributed by atoms with Crippen LogP contribution in [0.15, 0.2) is 36.4 Å². The number of aryl methyl sites for hydroxylation is 1. The summed E-state index contributed by atoms with van der Waals surface area (Å²) < 4.78 is 29.9. The second-order valence-corrected chi connectivity index (χ2v) is 9.81. The van der Waals surface area contributed by atoms with Gasteiger partial charge in [0.05, 0.1) is 12.2 Å². The monoisotopic (exact) mass is 565 g/mol. The third-order valence-corrected chi connectivity index (χ3v) is 7.04. The van der Waals surface area contributed by atoms with E-state index >= 15 is 0 Å². The van der Waals surface area contributed by atoms with Gasteiger partial charge in [-0.3, -0.25) is 4.79 Å². The minimum absolute atomic E-state index is 0.0603. The van der Waals surface area contributed by atoms with Crippen molar-refractivity contribution < 1.29 is 18.4 Å². The summed E-state index contributed by atoms with van der Waals surface area (Å²) in [5.41, 5.74) is 2.50. The molecular weight excluding hydrogens is 528 g/mol. The molecule has 3 heterocycles. The summed E-state index contributed by atoms with van der Waals surface area (Å²) in [7, 11) is 2.03. The van der Waals surface area contributed by atoms with Crippen LogP contribution in [0.25, 0.3) is 11.3 Å². The number of nitrogens with zero attached hydrogens (tertiary/aromatic N) is 5. The minimum atomic E-state index is -0.884. The Kier molecular flexibility index (Phi) is 9.49. The first-order chi connectivity index (χ1) is 19.8. The van der Waals surface area contributed by atoms with Crippen LogP contribution in [0.5, 0.6) is 0 Å². The fraction of sp³-hybridized carbons (Fsp3) is 0.400. The van der Waals surface area contributed by atoms with Crippen molar-refractivity contribution >= 4 is 29.4 Å². The standard InChI is InChI=1S/C28H31F2N7O2.C2H6/c1-4-10-31-26(38)18-9-8-17(2)19(15-18)23-20-16-32-28(39)37(24-21(29)6-5-7-22(24)30)25(20)34-27(33-23)36-13-11-35(3)12-14-36;1-2/h5-9,15H,4,10-14,16H2,1-3H3,(H,31,38)(H,32,39);1-2H3. The number of halogens is 2. The van der Waals surface area contributed by atoms with Gasteiger partial charge in [0, 0.05) is 49.4 Å². The van der Waals surface area contributed by atoms with Gasteiger partial charge in [0.2, 0.25) is 5.95 Å². The number of carbonyl (C=O) groups excluding carboxylic acids is 2. The van der Waals surface area contributed by atoms with Crippen molar-refractivity contribution in [2.24, 2.45) is 0 Å². The van der Waals surface area contributed by atoms with Crippen molar-refractivity contribution in [3.8, 4) is 11.3 Å². The average molecular weight is 566 g/mol. The second-order valence-electron chi connectivity index (χ2n) is 9.81. The molecule has 5 rings (SSSR count). The number of hydrogen-bond acceptors (Lipinski definition) is 6. The van der Waals surface area contributed by atoms with Crippen molar-refractivity contribution in [1.82, 2.24) is 25.5 Å². The molecule has 218 valence electrons. The molecule has 0 unspecified atom stereocenters. The van der Waals surface area contributed by atoms with Gasteiger partial charge in [-0.2, -0.15) is 4.98 Å². The molecule has 0 saturated carbocycles. The third-order valence-electron chi connectivity index (χ3n) is 7.04. The third kappa shape index (κ3) is 6.14. The first-order valence-corrected chi connectivity index (χ1v) is 14.0. The van der Waals surface area contributed by atoms with Gasteiger partial charge in [0.1, 0.15) is 17.3 Å². The normalized spacial score (nSPS) is 15.0. The zero-order valence-corrected chi connectivity index (χ0v) is 24.2. The molecule has 3 amide bonds. The van der Waals surface area contributed by atoms with Crippen LogP contribution in [0.3, 0.4) is 0 Å². The number of rotatable bonds is 6. The zero-order valence-electron chi connectivity index (χ0n) is 24.2. The number of likely N-dealkylation sites (N-methyl/N-ethyl adjacent to an activating group) is 1. The number of hydrogen-bond donors (Lipinski definition) is 2. The molecule has 2 aromatic carbocycles. The molecule has 0 atom stereocenters. The van der Waals surface area contributed by atoms with Gasteiger partial charge in [-0.15, -0.1) is 0 Å². The molecule has 0 aliphatic carbocycles. The van der Waals surface area contributed by atoms with E-state index < -0.39 is 23.4 Å². The molecule has 11 heteroatoms. The zero-order chi connectivity index (χ0) is 29.7. The molecule has 1 fully saturated rings. The molecule has 0 spiro atoms. The van der Waals surface area contributed by atoms with Crippen molar-refractivity contribution in [1.29, 1.82) is 0 Å². The number of urea groups is 1. The number of para-hydroxylation sites is 1. The number of nitrogens with one attached hydrogen (secondary N) is 2. The van der Waals surface area contributed by atoms with Crippen LogP contribution in [0.2, 0.25) is 0 Å². The van der Waals surface area contributed by atoms with Crippen molar-refractivity contribution in [2.75, 3.05) is 49.6 Å². The highest BCUT2D eigenvalue weighted by Gasteiger charge is 2.35. The van der Waals surface area contributed by atoms with E-state index in [1.165, 1.54) is 6.07 Å². The van der Waals surface area contributed by atoms with Crippen LogP contribution >= 0.6 is 0 Å². The number of benzene rings is 2. The molecule has 3 aromatic rings. The highest BCUT2D eigenvalue weighted by atomic mass is 19.1. The molecule has 0 bridgehead atoms. The lowest BCUT2D eigenvalue weighted by Gasteiger charge is -2.35. The van der Waals surface area contributed by atoms with Gasteiger partial charge in [0.15, 0.2) is 5.82 Å². The van der Waals surface area contributed by atoms with E-state index in [-0.39, 0.29) is 18.3 Å². The number of amides is 3. The molecule has 1 saturated heterocycles. The summed E-state index contributed by atoms with van der Waals surface area (Å²) in [6.45, 7) is 11.4. The highest BCUT2D eigenvalue weighted by Crippen LogP contribution is 2.39. The number of aromatic nitrogens is 2. The van der Waals surface area contributed by atoms with Crippen molar-refractivity contribution in [3.63, 3.8) is 0 Å². The molecule has 1 aromatic heterocycles. The smallest absolute Gasteiger partial charge is 0.328 e. The van der Waals surface area contributed by atoms with E-state index in [2.05, 4.69) is 15.5 Å². The Morgan fingerprint density at radius 1 is 1.05 bits per heavy atom. The predicted molar refractivity (Wildman–Crippen MR) is 157 cm³/mol. The lowest BCUT2D eigenvalue weighted by molar-refractivity contribution is 0.0953. The first-order valence-electron chi connectivity index (χ1n) is 14.0. The lowest BCUT2D eigenvalue weighted by Crippen LogP contribution is -2.46. The SMILES string of the molecule is CC.CCCNC(=O)c1ccc(C)c(-c2nc(N3CCN(C)CC3)nc3c2CNC(=O)N3c2c(F)cccc2F)c1. The Bertz CT molecular complexity index is 1400. The number of carbonyl (C=O) groups is 2. The summed E-state index contributed by atoms with van der Waals surface area (Å²) in [6.07, 6.45) is 0.806. The predicted octanol–water partition coefficient (Wildman–Crippen LogP) is 5.01. The molecule has 2 aliphatic heterocycles. The maximum absolute atomic E-state index is 15.0. The Balaban J connectivity index is 0.00000189. The summed E-state index contributed by atoms with van der Waals surface area (Å²) in [6, 6.07) is 8.12. The second kappa shape index (κ2) is 13.0. The first kappa shape index (κ1) is 29.9. The molecule has 2 N–H and O–H groups in total. The Morgan fingerprint density at radius 3 is 2.39 bits per heavy atom. The van der Waals surface area contributed by atoms with Crippen LogP contribution in [-0.4, -0.2) is 66.6 Å². The summed E-state index contributed by atoms with van der Waals surface area (Å²) in [4.78, 5) is 40.7. The van der Waals surface area contributed by atoms with Crippen LogP contribution in [0, 0.1) is 18.6 Å². The molecule has 0 radical (unpaired) electrons. The lowest BCUT2D eigenvalue weighted by atomic mass is 9.97. The van der Waals surface area contributed by atoms with Gasteiger partial charge >= 0.3 is 6.03 Å². The summed E-state index contributed by atoms with van der Waals surface area (Å²) in [5, 5.41) is 5.61. The van der Waals surface area contributed by atoms with Crippen LogP contribution in [0.4, 0.5) is 31.0 Å². The molecule has 2 aliphatic rings. The van der Waals surface area contributed by atoms with Crippen molar-refractivity contribution in [2.45, 2.75) is 40.7 Å².